The molecule has 1 aromatic rings. The van der Waals surface area contributed by atoms with Gasteiger partial charge in [-0.05, 0) is 24.0 Å². The molecule has 0 atom stereocenters. The van der Waals surface area contributed by atoms with Crippen molar-refractivity contribution in [2.45, 2.75) is 12.2 Å². The molecule has 0 fully saturated rings. The molecule has 0 saturated carbocycles. The molecule has 19 heavy (non-hydrogen) atoms. The Kier molecular flexibility index (Phi) is 7.43. The number of benzene rings is 1. The predicted molar refractivity (Wildman–Crippen MR) is 81.9 cm³/mol. The third-order valence-electron chi connectivity index (χ3n) is 2.24. The van der Waals surface area contributed by atoms with Crippen LogP contribution in [0.5, 0.6) is 0 Å². The Labute approximate surface area is 121 Å². The van der Waals surface area contributed by atoms with Crippen molar-refractivity contribution >= 4 is 41.1 Å². The number of hydrogen-bond donors (Lipinski definition) is 2. The third-order valence-corrected chi connectivity index (χ3v) is 3.84. The average molecular weight is 299 g/mol. The molecule has 1 rings (SSSR count). The largest absolute Gasteiger partial charge is 0.481 e. The molecular formula is C13H17NO3S2. The van der Waals surface area contributed by atoms with E-state index in [1.807, 2.05) is 30.5 Å². The molecule has 0 unspecified atom stereocenters. The summed E-state index contributed by atoms with van der Waals surface area (Å²) in [4.78, 5) is 22.0. The van der Waals surface area contributed by atoms with Gasteiger partial charge in [-0.2, -0.15) is 11.8 Å². The quantitative estimate of drug-likeness (QED) is 0.772. The number of rotatable bonds is 8. The zero-order valence-corrected chi connectivity index (χ0v) is 12.4. The van der Waals surface area contributed by atoms with Crippen molar-refractivity contribution in [1.29, 1.82) is 0 Å². The summed E-state index contributed by atoms with van der Waals surface area (Å²) in [6.45, 7) is 0. The average Bonchev–Trinajstić information content (AvgIpc) is 2.36. The molecule has 6 heteroatoms. The highest BCUT2D eigenvalue weighted by molar-refractivity contribution is 7.99. The summed E-state index contributed by atoms with van der Waals surface area (Å²) in [5, 5.41) is 11.4. The first-order chi connectivity index (χ1) is 9.11. The van der Waals surface area contributed by atoms with Gasteiger partial charge in [0.1, 0.15) is 0 Å². The lowest BCUT2D eigenvalue weighted by Crippen LogP contribution is -2.12. The van der Waals surface area contributed by atoms with Gasteiger partial charge in [0.15, 0.2) is 0 Å². The maximum atomic E-state index is 11.6. The molecule has 2 N–H and O–H groups in total. The third kappa shape index (κ3) is 7.12. The van der Waals surface area contributed by atoms with Gasteiger partial charge >= 0.3 is 5.97 Å². The summed E-state index contributed by atoms with van der Waals surface area (Å²) < 4.78 is 0. The van der Waals surface area contributed by atoms with Crippen molar-refractivity contribution in [3.05, 3.63) is 29.8 Å². The first kappa shape index (κ1) is 15.9. The van der Waals surface area contributed by atoms with E-state index in [1.165, 1.54) is 11.8 Å². The standard InChI is InChI=1S/C13H17NO3S2/c1-18-6-5-12(15)14-11-4-2-3-10(7-11)8-19-9-13(16)17/h2-4,7H,5-6,8-9H2,1H3,(H,14,15)(H,16,17). The molecular weight excluding hydrogens is 282 g/mol. The lowest BCUT2D eigenvalue weighted by Gasteiger charge is -2.07. The second-order valence-electron chi connectivity index (χ2n) is 3.88. The molecule has 0 saturated heterocycles. The van der Waals surface area contributed by atoms with Crippen LogP contribution >= 0.6 is 23.5 Å². The maximum absolute atomic E-state index is 11.6. The van der Waals surface area contributed by atoms with Crippen LogP contribution in [0.4, 0.5) is 5.69 Å². The van der Waals surface area contributed by atoms with Crippen molar-refractivity contribution in [2.24, 2.45) is 0 Å². The summed E-state index contributed by atoms with van der Waals surface area (Å²) in [5.74, 6) is 0.710. The molecule has 0 aliphatic heterocycles. The summed E-state index contributed by atoms with van der Waals surface area (Å²) in [6, 6.07) is 7.50. The zero-order chi connectivity index (χ0) is 14.1. The molecule has 4 nitrogen and oxygen atoms in total. The fourth-order valence-corrected chi connectivity index (χ4v) is 2.49. The highest BCUT2D eigenvalue weighted by Crippen LogP contribution is 2.16. The number of nitrogens with one attached hydrogen (secondary N) is 1. The van der Waals surface area contributed by atoms with Crippen molar-refractivity contribution < 1.29 is 14.7 Å². The van der Waals surface area contributed by atoms with E-state index in [-0.39, 0.29) is 11.7 Å². The van der Waals surface area contributed by atoms with E-state index >= 15 is 0 Å². The van der Waals surface area contributed by atoms with E-state index in [1.54, 1.807) is 11.8 Å². The Balaban J connectivity index is 2.47. The van der Waals surface area contributed by atoms with E-state index in [4.69, 9.17) is 5.11 Å². The minimum absolute atomic E-state index is 0.00434. The fraction of sp³-hybridized carbons (Fsp3) is 0.385. The zero-order valence-electron chi connectivity index (χ0n) is 10.7. The molecule has 0 aliphatic carbocycles. The molecule has 0 aliphatic rings. The number of thioether (sulfide) groups is 2. The number of carbonyl (C=O) groups is 2. The van der Waals surface area contributed by atoms with Gasteiger partial charge in [-0.25, -0.2) is 0 Å². The maximum Gasteiger partial charge on any atom is 0.313 e. The monoisotopic (exact) mass is 299 g/mol. The van der Waals surface area contributed by atoms with Crippen LogP contribution in [0.3, 0.4) is 0 Å². The lowest BCUT2D eigenvalue weighted by molar-refractivity contribution is -0.133. The summed E-state index contributed by atoms with van der Waals surface area (Å²) in [7, 11) is 0. The summed E-state index contributed by atoms with van der Waals surface area (Å²) >= 11 is 2.98. The second kappa shape index (κ2) is 8.87. The van der Waals surface area contributed by atoms with Gasteiger partial charge in [-0.3, -0.25) is 9.59 Å². The van der Waals surface area contributed by atoms with Crippen molar-refractivity contribution in [3.8, 4) is 0 Å². The number of hydrogen-bond acceptors (Lipinski definition) is 4. The normalized spacial score (nSPS) is 10.2. The minimum atomic E-state index is -0.813. The Hall–Kier alpha value is -1.14. The van der Waals surface area contributed by atoms with Crippen LogP contribution in [-0.4, -0.2) is 34.7 Å². The highest BCUT2D eigenvalue weighted by Gasteiger charge is 2.03. The molecule has 0 heterocycles. The first-order valence-electron chi connectivity index (χ1n) is 5.79. The van der Waals surface area contributed by atoms with Gasteiger partial charge in [0, 0.05) is 23.6 Å². The van der Waals surface area contributed by atoms with E-state index in [0.29, 0.717) is 12.2 Å². The SMILES string of the molecule is CSCCC(=O)Nc1cccc(CSCC(=O)O)c1. The number of carbonyl (C=O) groups excluding carboxylic acids is 1. The molecule has 0 radical (unpaired) electrons. The number of aliphatic carboxylic acids is 1. The molecule has 1 aromatic carbocycles. The molecule has 1 amide bonds. The Morgan fingerprint density at radius 2 is 2.16 bits per heavy atom. The van der Waals surface area contributed by atoms with Gasteiger partial charge in [0.2, 0.25) is 5.91 Å². The van der Waals surface area contributed by atoms with Crippen LogP contribution < -0.4 is 5.32 Å². The van der Waals surface area contributed by atoms with Gasteiger partial charge < -0.3 is 10.4 Å². The fourth-order valence-electron chi connectivity index (χ4n) is 1.41. The van der Waals surface area contributed by atoms with Crippen LogP contribution in [-0.2, 0) is 15.3 Å². The van der Waals surface area contributed by atoms with Crippen LogP contribution in [0, 0.1) is 0 Å². The van der Waals surface area contributed by atoms with Crippen LogP contribution in [0.2, 0.25) is 0 Å². The van der Waals surface area contributed by atoms with Crippen molar-refractivity contribution in [1.82, 2.24) is 0 Å². The Morgan fingerprint density at radius 3 is 2.84 bits per heavy atom. The number of amides is 1. The number of carboxylic acid groups (broad SMARTS) is 1. The van der Waals surface area contributed by atoms with Gasteiger partial charge in [0.05, 0.1) is 5.75 Å². The minimum Gasteiger partial charge on any atom is -0.481 e. The molecule has 0 bridgehead atoms. The van der Waals surface area contributed by atoms with Crippen molar-refractivity contribution in [2.75, 3.05) is 23.1 Å². The molecule has 104 valence electrons. The Morgan fingerprint density at radius 1 is 1.37 bits per heavy atom. The van der Waals surface area contributed by atoms with E-state index in [0.717, 1.165) is 17.0 Å². The highest BCUT2D eigenvalue weighted by atomic mass is 32.2. The van der Waals surface area contributed by atoms with E-state index < -0.39 is 5.97 Å². The van der Waals surface area contributed by atoms with E-state index in [2.05, 4.69) is 5.32 Å². The molecule has 0 spiro atoms. The Bertz CT molecular complexity index is 438. The van der Waals surface area contributed by atoms with Gasteiger partial charge in [-0.1, -0.05) is 12.1 Å². The van der Waals surface area contributed by atoms with Gasteiger partial charge in [-0.15, -0.1) is 11.8 Å². The summed E-state index contributed by atoms with van der Waals surface area (Å²) in [5.41, 5.74) is 1.77. The van der Waals surface area contributed by atoms with Crippen molar-refractivity contribution in [3.63, 3.8) is 0 Å². The number of anilines is 1. The van der Waals surface area contributed by atoms with Gasteiger partial charge in [0.25, 0.3) is 0 Å². The lowest BCUT2D eigenvalue weighted by atomic mass is 10.2. The van der Waals surface area contributed by atoms with Crippen LogP contribution in [0.25, 0.3) is 0 Å². The van der Waals surface area contributed by atoms with Crippen LogP contribution in [0.1, 0.15) is 12.0 Å². The van der Waals surface area contributed by atoms with E-state index in [9.17, 15) is 9.59 Å². The summed E-state index contributed by atoms with van der Waals surface area (Å²) in [6.07, 6.45) is 2.47. The smallest absolute Gasteiger partial charge is 0.313 e. The first-order valence-corrected chi connectivity index (χ1v) is 8.34. The van der Waals surface area contributed by atoms with Crippen LogP contribution in [0.15, 0.2) is 24.3 Å². The second-order valence-corrected chi connectivity index (χ2v) is 5.85. The number of carboxylic acids is 1. The predicted octanol–water partition coefficient (Wildman–Crippen LogP) is 2.70. The topological polar surface area (TPSA) is 66.4 Å². The molecule has 0 aromatic heterocycles.